The van der Waals surface area contributed by atoms with Crippen LogP contribution < -0.4 is 16.8 Å². The minimum Gasteiger partial charge on any atom is -0.478 e. The molecule has 0 saturated carbocycles. The zero-order valence-electron chi connectivity index (χ0n) is 8.87. The molecule has 7 heteroatoms. The number of hydrogen-bond acceptors (Lipinski definition) is 4. The molecule has 0 heterocycles. The fourth-order valence-corrected chi connectivity index (χ4v) is 1.23. The predicted molar refractivity (Wildman–Crippen MR) is 60.1 cm³/mol. The number of hydrogen-bond donors (Lipinski definition) is 4. The molecule has 0 aliphatic rings. The lowest BCUT2D eigenvalue weighted by atomic mass is 10.1. The number of carboxylic acid groups (broad SMARTS) is 1. The van der Waals surface area contributed by atoms with Gasteiger partial charge in [0.25, 0.3) is 0 Å². The van der Waals surface area contributed by atoms with Crippen molar-refractivity contribution in [3.05, 3.63) is 23.5 Å². The topological polar surface area (TPSA) is 118 Å². The number of amides is 1. The van der Waals surface area contributed by atoms with E-state index in [1.165, 1.54) is 0 Å². The maximum Gasteiger partial charge on any atom is 0.337 e. The summed E-state index contributed by atoms with van der Waals surface area (Å²) in [5, 5.41) is 11.4. The monoisotopic (exact) mass is 241 g/mol. The van der Waals surface area contributed by atoms with Gasteiger partial charge >= 0.3 is 5.97 Å². The number of carbonyl (C=O) groups is 2. The van der Waals surface area contributed by atoms with Crippen molar-refractivity contribution in [2.24, 2.45) is 5.73 Å². The Morgan fingerprint density at radius 2 is 2.06 bits per heavy atom. The Morgan fingerprint density at radius 1 is 1.41 bits per heavy atom. The van der Waals surface area contributed by atoms with Crippen molar-refractivity contribution in [2.45, 2.75) is 6.42 Å². The second kappa shape index (κ2) is 5.15. The van der Waals surface area contributed by atoms with Crippen molar-refractivity contribution in [3.8, 4) is 0 Å². The molecule has 0 unspecified atom stereocenters. The number of aromatic carboxylic acids is 1. The predicted octanol–water partition coefficient (Wildman–Crippen LogP) is 0.393. The molecule has 1 rings (SSSR count). The van der Waals surface area contributed by atoms with E-state index < -0.39 is 17.7 Å². The standard InChI is InChI=1S/C10H12FN3O3/c11-6-4-7(12)5(10(16)17)3-8(6)14-2-1-9(13)15/h3-4,14H,1-2,12H2,(H2,13,15)(H,16,17). The van der Waals surface area contributed by atoms with E-state index in [2.05, 4.69) is 5.32 Å². The van der Waals surface area contributed by atoms with Gasteiger partial charge in [-0.15, -0.1) is 0 Å². The molecule has 0 saturated heterocycles. The molecular weight excluding hydrogens is 229 g/mol. The van der Waals surface area contributed by atoms with E-state index >= 15 is 0 Å². The van der Waals surface area contributed by atoms with Gasteiger partial charge in [-0.25, -0.2) is 9.18 Å². The number of halogens is 1. The number of rotatable bonds is 5. The fraction of sp³-hybridized carbons (Fsp3) is 0.200. The van der Waals surface area contributed by atoms with Crippen LogP contribution in [0.3, 0.4) is 0 Å². The van der Waals surface area contributed by atoms with Gasteiger partial charge in [-0.05, 0) is 12.1 Å². The van der Waals surface area contributed by atoms with E-state index in [0.29, 0.717) is 0 Å². The first kappa shape index (κ1) is 12.8. The number of anilines is 2. The van der Waals surface area contributed by atoms with Crippen LogP contribution in [0, 0.1) is 5.82 Å². The Hall–Kier alpha value is -2.31. The molecule has 6 nitrogen and oxygen atoms in total. The van der Waals surface area contributed by atoms with E-state index in [0.717, 1.165) is 12.1 Å². The van der Waals surface area contributed by atoms with Gasteiger partial charge in [0.15, 0.2) is 0 Å². The van der Waals surface area contributed by atoms with Gasteiger partial charge in [0.05, 0.1) is 11.3 Å². The molecule has 0 bridgehead atoms. The van der Waals surface area contributed by atoms with Gasteiger partial charge < -0.3 is 21.9 Å². The van der Waals surface area contributed by atoms with E-state index in [1.807, 2.05) is 0 Å². The highest BCUT2D eigenvalue weighted by molar-refractivity contribution is 5.94. The fourth-order valence-electron chi connectivity index (χ4n) is 1.23. The minimum absolute atomic E-state index is 0.0201. The highest BCUT2D eigenvalue weighted by Crippen LogP contribution is 2.22. The third-order valence-electron chi connectivity index (χ3n) is 2.06. The minimum atomic E-state index is -1.25. The third-order valence-corrected chi connectivity index (χ3v) is 2.06. The molecule has 0 spiro atoms. The molecule has 0 fully saturated rings. The molecule has 1 amide bonds. The number of nitrogens with one attached hydrogen (secondary N) is 1. The summed E-state index contributed by atoms with van der Waals surface area (Å²) in [5.74, 6) is -2.47. The molecule has 1 aromatic carbocycles. The van der Waals surface area contributed by atoms with Crippen molar-refractivity contribution in [3.63, 3.8) is 0 Å². The second-order valence-electron chi connectivity index (χ2n) is 3.37. The van der Waals surface area contributed by atoms with Crippen LogP contribution >= 0.6 is 0 Å². The zero-order valence-corrected chi connectivity index (χ0v) is 8.87. The lowest BCUT2D eigenvalue weighted by Gasteiger charge is -2.09. The van der Waals surface area contributed by atoms with Gasteiger partial charge in [0.1, 0.15) is 5.82 Å². The highest BCUT2D eigenvalue weighted by atomic mass is 19.1. The number of carboxylic acids is 1. The normalized spacial score (nSPS) is 9.94. The van der Waals surface area contributed by atoms with Gasteiger partial charge in [0, 0.05) is 18.7 Å². The Bertz CT molecular complexity index is 462. The van der Waals surface area contributed by atoms with Crippen LogP contribution in [0.1, 0.15) is 16.8 Å². The van der Waals surface area contributed by atoms with E-state index in [-0.39, 0.29) is 29.9 Å². The van der Waals surface area contributed by atoms with E-state index in [1.54, 1.807) is 0 Å². The van der Waals surface area contributed by atoms with Crippen LogP contribution in [0.4, 0.5) is 15.8 Å². The molecule has 17 heavy (non-hydrogen) atoms. The van der Waals surface area contributed by atoms with Crippen molar-refractivity contribution in [2.75, 3.05) is 17.6 Å². The number of carbonyl (C=O) groups excluding carboxylic acids is 1. The summed E-state index contributed by atoms with van der Waals surface area (Å²) in [6, 6.07) is 1.99. The summed E-state index contributed by atoms with van der Waals surface area (Å²) >= 11 is 0. The lowest BCUT2D eigenvalue weighted by Crippen LogP contribution is -2.16. The number of benzene rings is 1. The van der Waals surface area contributed by atoms with E-state index in [4.69, 9.17) is 16.6 Å². The molecule has 0 aliphatic carbocycles. The van der Waals surface area contributed by atoms with Crippen molar-refractivity contribution in [1.82, 2.24) is 0 Å². The Morgan fingerprint density at radius 3 is 2.59 bits per heavy atom. The van der Waals surface area contributed by atoms with Crippen molar-refractivity contribution in [1.29, 1.82) is 0 Å². The van der Waals surface area contributed by atoms with Crippen LogP contribution in [0.5, 0.6) is 0 Å². The van der Waals surface area contributed by atoms with Crippen molar-refractivity contribution >= 4 is 23.3 Å². The third kappa shape index (κ3) is 3.33. The first-order valence-electron chi connectivity index (χ1n) is 4.76. The van der Waals surface area contributed by atoms with Crippen molar-refractivity contribution < 1.29 is 19.1 Å². The Labute approximate surface area is 96.4 Å². The van der Waals surface area contributed by atoms with Gasteiger partial charge in [-0.2, -0.15) is 0 Å². The molecule has 0 radical (unpaired) electrons. The SMILES string of the molecule is NC(=O)CCNc1cc(C(=O)O)c(N)cc1F. The second-order valence-corrected chi connectivity index (χ2v) is 3.37. The molecule has 0 aliphatic heterocycles. The van der Waals surface area contributed by atoms with Crippen LogP contribution in [-0.2, 0) is 4.79 Å². The average molecular weight is 241 g/mol. The van der Waals surface area contributed by atoms with Crippen LogP contribution in [0.2, 0.25) is 0 Å². The highest BCUT2D eigenvalue weighted by Gasteiger charge is 2.12. The maximum atomic E-state index is 13.4. The summed E-state index contributed by atoms with van der Waals surface area (Å²) < 4.78 is 13.4. The summed E-state index contributed by atoms with van der Waals surface area (Å²) in [4.78, 5) is 21.2. The largest absolute Gasteiger partial charge is 0.478 e. The number of nitrogen functional groups attached to an aromatic ring is 1. The summed E-state index contributed by atoms with van der Waals surface area (Å²) in [7, 11) is 0. The average Bonchev–Trinajstić information content (AvgIpc) is 2.20. The maximum absolute atomic E-state index is 13.4. The molecule has 6 N–H and O–H groups in total. The Kier molecular flexibility index (Phi) is 3.86. The number of primary amides is 1. The first-order chi connectivity index (χ1) is 7.91. The lowest BCUT2D eigenvalue weighted by molar-refractivity contribution is -0.117. The van der Waals surface area contributed by atoms with Crippen LogP contribution in [0.25, 0.3) is 0 Å². The van der Waals surface area contributed by atoms with Crippen LogP contribution in [0.15, 0.2) is 12.1 Å². The first-order valence-corrected chi connectivity index (χ1v) is 4.76. The quantitative estimate of drug-likeness (QED) is 0.556. The van der Waals surface area contributed by atoms with Gasteiger partial charge in [-0.3, -0.25) is 4.79 Å². The van der Waals surface area contributed by atoms with Gasteiger partial charge in [0.2, 0.25) is 5.91 Å². The summed E-state index contributed by atoms with van der Waals surface area (Å²) in [6.45, 7) is 0.120. The summed E-state index contributed by atoms with van der Waals surface area (Å²) in [5.41, 5.74) is 9.87. The van der Waals surface area contributed by atoms with E-state index in [9.17, 15) is 14.0 Å². The smallest absolute Gasteiger partial charge is 0.337 e. The Balaban J connectivity index is 2.88. The summed E-state index contributed by atoms with van der Waals surface area (Å²) in [6.07, 6.45) is 0.0201. The molecule has 0 atom stereocenters. The molecule has 1 aromatic rings. The number of nitrogens with two attached hydrogens (primary N) is 2. The zero-order chi connectivity index (χ0) is 13.0. The molecule has 92 valence electrons. The molecular formula is C10H12FN3O3. The molecule has 0 aromatic heterocycles. The van der Waals surface area contributed by atoms with Gasteiger partial charge in [-0.1, -0.05) is 0 Å². The van der Waals surface area contributed by atoms with Crippen LogP contribution in [-0.4, -0.2) is 23.5 Å².